The molecule has 3 aromatic rings. The maximum atomic E-state index is 13.3. The normalized spacial score (nSPS) is 13.9. The van der Waals surface area contributed by atoms with Crippen LogP contribution in [-0.4, -0.2) is 58.0 Å². The molecule has 2 heterocycles. The number of fused-ring (bicyclic) bond motifs is 2. The number of imide groups is 1. The van der Waals surface area contributed by atoms with Crippen molar-refractivity contribution < 1.29 is 48.3 Å². The summed E-state index contributed by atoms with van der Waals surface area (Å²) in [6, 6.07) is 16.9. The molecule has 1 atom stereocenters. The zero-order valence-corrected chi connectivity index (χ0v) is 26.9. The molecular weight excluding hydrogens is 652 g/mol. The van der Waals surface area contributed by atoms with Crippen LogP contribution in [0.3, 0.4) is 0 Å². The first-order chi connectivity index (χ1) is 24.0. The summed E-state index contributed by atoms with van der Waals surface area (Å²) in [5, 5.41) is 25.2. The van der Waals surface area contributed by atoms with Gasteiger partial charge in [-0.25, -0.2) is 4.79 Å². The summed E-state index contributed by atoms with van der Waals surface area (Å²) in [5.41, 5.74) is 2.41. The SMILES string of the molecule is CC(OC(=O)ON1C(=O)CCC1=O)c1cc(O)c(OCCCC(=O)NCCC(=O)N2Cc3ccccc3C#Cc3ccccc32)cc1[N+](=O)[O-]. The number of carbonyl (C=O) groups is 5. The van der Waals surface area contributed by atoms with Gasteiger partial charge in [0.1, 0.15) is 6.10 Å². The lowest BCUT2D eigenvalue weighted by Crippen LogP contribution is -2.35. The van der Waals surface area contributed by atoms with Gasteiger partial charge in [-0.05, 0) is 43.2 Å². The van der Waals surface area contributed by atoms with Crippen LogP contribution in [-0.2, 0) is 35.3 Å². The Bertz CT molecular complexity index is 1900. The molecule has 0 aliphatic carbocycles. The second-order valence-electron chi connectivity index (χ2n) is 11.3. The van der Waals surface area contributed by atoms with Gasteiger partial charge in [-0.3, -0.25) is 34.1 Å². The number of nitro groups is 1. The van der Waals surface area contributed by atoms with E-state index in [1.54, 1.807) is 4.90 Å². The van der Waals surface area contributed by atoms with Gasteiger partial charge in [-0.15, -0.1) is 0 Å². The topological polar surface area (TPSA) is 195 Å². The number of para-hydroxylation sites is 1. The quantitative estimate of drug-likeness (QED) is 0.0693. The fourth-order valence-corrected chi connectivity index (χ4v) is 5.29. The number of carbonyl (C=O) groups excluding carboxylic acids is 5. The van der Waals surface area contributed by atoms with Crippen LogP contribution in [0.1, 0.15) is 67.4 Å². The van der Waals surface area contributed by atoms with E-state index in [4.69, 9.17) is 9.47 Å². The maximum absolute atomic E-state index is 13.3. The molecule has 2 aliphatic rings. The summed E-state index contributed by atoms with van der Waals surface area (Å²) in [6.07, 6.45) is -2.78. The molecule has 1 fully saturated rings. The van der Waals surface area contributed by atoms with E-state index in [9.17, 15) is 39.2 Å². The Labute approximate surface area is 285 Å². The van der Waals surface area contributed by atoms with Crippen molar-refractivity contribution in [1.82, 2.24) is 10.4 Å². The van der Waals surface area contributed by atoms with E-state index < -0.39 is 40.4 Å². The number of phenolic OH excluding ortho intramolecular Hbond substituents is 1. The number of aromatic hydroxyl groups is 1. The lowest BCUT2D eigenvalue weighted by Gasteiger charge is -2.26. The van der Waals surface area contributed by atoms with E-state index >= 15 is 0 Å². The average Bonchev–Trinajstić information content (AvgIpc) is 3.39. The van der Waals surface area contributed by atoms with Crippen LogP contribution < -0.4 is 15.0 Å². The van der Waals surface area contributed by atoms with Crippen molar-refractivity contribution in [3.63, 3.8) is 0 Å². The molecule has 50 heavy (non-hydrogen) atoms. The number of nitrogens with zero attached hydrogens (tertiary/aromatic N) is 3. The van der Waals surface area contributed by atoms with E-state index in [-0.39, 0.29) is 73.4 Å². The van der Waals surface area contributed by atoms with Crippen LogP contribution in [0.4, 0.5) is 16.2 Å². The van der Waals surface area contributed by atoms with Crippen molar-refractivity contribution in [3.05, 3.63) is 93.0 Å². The maximum Gasteiger partial charge on any atom is 0.534 e. The van der Waals surface area contributed by atoms with Crippen molar-refractivity contribution in [2.45, 2.75) is 51.7 Å². The lowest BCUT2D eigenvalue weighted by atomic mass is 10.0. The van der Waals surface area contributed by atoms with Gasteiger partial charge >= 0.3 is 6.16 Å². The Morgan fingerprint density at radius 2 is 1.68 bits per heavy atom. The number of hydroxylamine groups is 2. The number of amides is 4. The number of rotatable bonds is 12. The molecular formula is C35H32N4O11. The number of nitrogens with one attached hydrogen (secondary N) is 1. The molecule has 0 radical (unpaired) electrons. The number of anilines is 1. The minimum atomic E-state index is -1.44. The molecule has 15 heteroatoms. The standard InChI is InChI=1S/C35H32N4O11/c1-22(49-35(45)50-38-33(43)14-15-34(38)44)26-19-29(40)30(20-28(26)39(46)47)48-18-6-11-31(41)36-17-16-32(42)37-21-25-9-3-2-7-23(25)12-13-24-8-4-5-10-27(24)37/h2-5,7-10,19-20,22,40H,6,11,14-18,21H2,1H3,(H,36,41). The van der Waals surface area contributed by atoms with Gasteiger partial charge in [-0.1, -0.05) is 47.2 Å². The molecule has 1 unspecified atom stereocenters. The van der Waals surface area contributed by atoms with Gasteiger partial charge in [0, 0.05) is 43.4 Å². The number of ether oxygens (including phenoxy) is 2. The van der Waals surface area contributed by atoms with Crippen molar-refractivity contribution >= 4 is 41.2 Å². The highest BCUT2D eigenvalue weighted by Gasteiger charge is 2.34. The molecule has 3 aromatic carbocycles. The van der Waals surface area contributed by atoms with Crippen molar-refractivity contribution in [1.29, 1.82) is 0 Å². The van der Waals surface area contributed by atoms with Crippen molar-refractivity contribution in [2.24, 2.45) is 0 Å². The highest BCUT2D eigenvalue weighted by Crippen LogP contribution is 2.38. The lowest BCUT2D eigenvalue weighted by molar-refractivity contribution is -0.386. The number of phenols is 1. The average molecular weight is 685 g/mol. The van der Waals surface area contributed by atoms with Crippen LogP contribution in [0.5, 0.6) is 11.5 Å². The highest BCUT2D eigenvalue weighted by atomic mass is 16.8. The molecule has 0 spiro atoms. The van der Waals surface area contributed by atoms with Crippen LogP contribution in [0.25, 0.3) is 0 Å². The third kappa shape index (κ3) is 8.34. The summed E-state index contributed by atoms with van der Waals surface area (Å²) in [6.45, 7) is 1.61. The zero-order valence-electron chi connectivity index (χ0n) is 26.9. The summed E-state index contributed by atoms with van der Waals surface area (Å²) in [4.78, 5) is 78.5. The predicted molar refractivity (Wildman–Crippen MR) is 174 cm³/mol. The first-order valence-corrected chi connectivity index (χ1v) is 15.7. The van der Waals surface area contributed by atoms with E-state index in [0.29, 0.717) is 12.2 Å². The molecule has 2 aliphatic heterocycles. The molecule has 2 N–H and O–H groups in total. The fourth-order valence-electron chi connectivity index (χ4n) is 5.29. The second kappa shape index (κ2) is 15.6. The van der Waals surface area contributed by atoms with Gasteiger partial charge in [0.25, 0.3) is 17.5 Å². The molecule has 4 amide bonds. The highest BCUT2D eigenvalue weighted by molar-refractivity contribution is 6.01. The number of hydrogen-bond donors (Lipinski definition) is 2. The predicted octanol–water partition coefficient (Wildman–Crippen LogP) is 4.19. The number of nitro benzene ring substituents is 1. The van der Waals surface area contributed by atoms with Gasteiger partial charge in [-0.2, -0.15) is 0 Å². The summed E-state index contributed by atoms with van der Waals surface area (Å²) < 4.78 is 10.5. The first-order valence-electron chi connectivity index (χ1n) is 15.7. The van der Waals surface area contributed by atoms with Gasteiger partial charge in [0.15, 0.2) is 11.5 Å². The van der Waals surface area contributed by atoms with Crippen LogP contribution in [0.15, 0.2) is 60.7 Å². The van der Waals surface area contributed by atoms with E-state index in [1.807, 2.05) is 48.5 Å². The third-order valence-corrected chi connectivity index (χ3v) is 7.83. The number of hydrogen-bond acceptors (Lipinski definition) is 11. The molecule has 0 aromatic heterocycles. The second-order valence-corrected chi connectivity index (χ2v) is 11.3. The van der Waals surface area contributed by atoms with Gasteiger partial charge in [0.05, 0.1) is 35.4 Å². The Morgan fingerprint density at radius 3 is 2.42 bits per heavy atom. The third-order valence-electron chi connectivity index (χ3n) is 7.83. The largest absolute Gasteiger partial charge is 0.534 e. The monoisotopic (exact) mass is 684 g/mol. The Morgan fingerprint density at radius 1 is 1.00 bits per heavy atom. The number of benzene rings is 3. The van der Waals surface area contributed by atoms with Crippen molar-refractivity contribution in [3.8, 4) is 23.3 Å². The van der Waals surface area contributed by atoms with Crippen LogP contribution in [0.2, 0.25) is 0 Å². The smallest absolute Gasteiger partial charge is 0.504 e. The summed E-state index contributed by atoms with van der Waals surface area (Å²) >= 11 is 0. The first kappa shape index (κ1) is 34.9. The molecule has 0 saturated carbocycles. The fraction of sp³-hybridized carbons (Fsp3) is 0.286. The van der Waals surface area contributed by atoms with Crippen molar-refractivity contribution in [2.75, 3.05) is 18.1 Å². The van der Waals surface area contributed by atoms with Gasteiger partial charge < -0.3 is 24.8 Å². The summed E-state index contributed by atoms with van der Waals surface area (Å²) in [7, 11) is 0. The molecule has 258 valence electrons. The Hall–Kier alpha value is -6.43. The van der Waals surface area contributed by atoms with E-state index in [2.05, 4.69) is 22.0 Å². The Kier molecular flexibility index (Phi) is 10.9. The molecule has 15 nitrogen and oxygen atoms in total. The van der Waals surface area contributed by atoms with Crippen LogP contribution in [0, 0.1) is 22.0 Å². The molecule has 1 saturated heterocycles. The molecule has 0 bridgehead atoms. The summed E-state index contributed by atoms with van der Waals surface area (Å²) in [5.74, 6) is 3.58. The van der Waals surface area contributed by atoms with Crippen LogP contribution >= 0.6 is 0 Å². The Balaban J connectivity index is 1.10. The molecule has 5 rings (SSSR count). The minimum absolute atomic E-state index is 0.0135. The van der Waals surface area contributed by atoms with E-state index in [1.165, 1.54) is 6.92 Å². The zero-order chi connectivity index (χ0) is 35.8. The van der Waals surface area contributed by atoms with E-state index in [0.717, 1.165) is 28.8 Å². The van der Waals surface area contributed by atoms with Gasteiger partial charge in [0.2, 0.25) is 11.8 Å². The minimum Gasteiger partial charge on any atom is -0.504 e.